The zero-order valence-electron chi connectivity index (χ0n) is 32.5. The van der Waals surface area contributed by atoms with Crippen molar-refractivity contribution in [2.75, 3.05) is 65.1 Å². The van der Waals surface area contributed by atoms with E-state index >= 15 is 0 Å². The number of carbonyl (C=O) groups excluding carboxylic acids is 3. The van der Waals surface area contributed by atoms with Crippen LogP contribution in [0.1, 0.15) is 34.7 Å². The first-order chi connectivity index (χ1) is 27.3. The Kier molecular flexibility index (Phi) is 13.2. The van der Waals surface area contributed by atoms with Gasteiger partial charge in [-0.25, -0.2) is 0 Å². The second-order valence-corrected chi connectivity index (χ2v) is 14.5. The van der Waals surface area contributed by atoms with Crippen molar-refractivity contribution in [3.63, 3.8) is 0 Å². The van der Waals surface area contributed by atoms with Crippen molar-refractivity contribution < 1.29 is 37.0 Å². The van der Waals surface area contributed by atoms with Gasteiger partial charge in [0.1, 0.15) is 6.04 Å². The molecule has 2 aliphatic rings. The number of alkyl halides is 3. The number of nitrogens with zero attached hydrogens (tertiary/aromatic N) is 5. The lowest BCUT2D eigenvalue weighted by Crippen LogP contribution is -2.51. The Labute approximate surface area is 331 Å². The zero-order valence-corrected chi connectivity index (χ0v) is 32.5. The number of hydrogen-bond acceptors (Lipinski definition) is 7. The first kappa shape index (κ1) is 40.8. The van der Waals surface area contributed by atoms with Gasteiger partial charge in [0.15, 0.2) is 11.5 Å². The lowest BCUT2D eigenvalue weighted by atomic mass is 10.0. The van der Waals surface area contributed by atoms with Gasteiger partial charge in [0.25, 0.3) is 0 Å². The monoisotopic (exact) mass is 783 g/mol. The van der Waals surface area contributed by atoms with Crippen LogP contribution in [0.4, 0.5) is 18.9 Å². The highest BCUT2D eigenvalue weighted by molar-refractivity contribution is 5.95. The van der Waals surface area contributed by atoms with E-state index < -0.39 is 23.7 Å². The number of likely N-dealkylation sites (N-methyl/N-ethyl adjacent to an activating group) is 2. The smallest absolute Gasteiger partial charge is 0.416 e. The fourth-order valence-corrected chi connectivity index (χ4v) is 6.96. The molecule has 300 valence electrons. The van der Waals surface area contributed by atoms with Crippen LogP contribution in [-0.4, -0.2) is 104 Å². The molecule has 2 heterocycles. The van der Waals surface area contributed by atoms with Crippen LogP contribution in [0.25, 0.3) is 6.08 Å². The third-order valence-corrected chi connectivity index (χ3v) is 10.3. The summed E-state index contributed by atoms with van der Waals surface area (Å²) in [6.07, 6.45) is -1.45. The predicted molar refractivity (Wildman–Crippen MR) is 212 cm³/mol. The van der Waals surface area contributed by atoms with Crippen molar-refractivity contribution in [2.45, 2.75) is 38.7 Å². The van der Waals surface area contributed by atoms with Crippen molar-refractivity contribution in [3.8, 4) is 11.5 Å². The molecule has 0 saturated carbocycles. The summed E-state index contributed by atoms with van der Waals surface area (Å²) in [6.45, 7) is 6.11. The van der Waals surface area contributed by atoms with Gasteiger partial charge in [-0.2, -0.15) is 13.2 Å². The van der Waals surface area contributed by atoms with E-state index in [4.69, 9.17) is 9.47 Å². The standard InChI is InChI=1S/C44H48F3N5O5/c1-32(53)50-23-25-51(26-24-50)38-17-11-35(12-18-38)30-52(42(54)20-14-33-9-15-37(16-10-33)44(45,46)47)39(27-34-7-5-4-6-8-34)43(55)49(3)22-21-48(2)29-36-13-19-40-41(28-36)57-31-56-40/h4-20,28,39H,21-27,29-31H2,1-3H3. The molecular weight excluding hydrogens is 736 g/mol. The molecule has 3 amide bonds. The number of hydrogen-bond donors (Lipinski definition) is 0. The molecule has 1 fully saturated rings. The molecule has 0 aromatic heterocycles. The number of rotatable bonds is 14. The Bertz CT molecular complexity index is 2020. The van der Waals surface area contributed by atoms with Crippen LogP contribution in [0.2, 0.25) is 0 Å². The molecule has 4 aromatic carbocycles. The van der Waals surface area contributed by atoms with E-state index in [9.17, 15) is 27.6 Å². The van der Waals surface area contributed by atoms with Crippen LogP contribution in [0.3, 0.4) is 0 Å². The number of amides is 3. The van der Waals surface area contributed by atoms with Crippen molar-refractivity contribution >= 4 is 29.5 Å². The largest absolute Gasteiger partial charge is 0.454 e. The second-order valence-electron chi connectivity index (χ2n) is 14.5. The van der Waals surface area contributed by atoms with Gasteiger partial charge >= 0.3 is 6.18 Å². The van der Waals surface area contributed by atoms with Gasteiger partial charge in [0.2, 0.25) is 24.5 Å². The summed E-state index contributed by atoms with van der Waals surface area (Å²) in [5, 5.41) is 0. The first-order valence-electron chi connectivity index (χ1n) is 19.0. The van der Waals surface area contributed by atoms with E-state index in [1.165, 1.54) is 24.3 Å². The van der Waals surface area contributed by atoms with Gasteiger partial charge in [-0.3, -0.25) is 14.4 Å². The molecule has 1 atom stereocenters. The van der Waals surface area contributed by atoms with Gasteiger partial charge in [0.05, 0.1) is 5.56 Å². The molecule has 0 radical (unpaired) electrons. The molecule has 1 saturated heterocycles. The Balaban J connectivity index is 1.23. The molecule has 13 heteroatoms. The van der Waals surface area contributed by atoms with Crippen LogP contribution >= 0.6 is 0 Å². The normalized spacial score (nSPS) is 14.6. The highest BCUT2D eigenvalue weighted by atomic mass is 19.4. The molecule has 0 bridgehead atoms. The lowest BCUT2D eigenvalue weighted by Gasteiger charge is -2.36. The minimum atomic E-state index is -4.48. The van der Waals surface area contributed by atoms with Crippen molar-refractivity contribution in [1.29, 1.82) is 0 Å². The van der Waals surface area contributed by atoms with Gasteiger partial charge in [0, 0.05) is 84.5 Å². The summed E-state index contributed by atoms with van der Waals surface area (Å²) in [5.74, 6) is 0.773. The van der Waals surface area contributed by atoms with Crippen LogP contribution in [0, 0.1) is 0 Å². The van der Waals surface area contributed by atoms with E-state index in [0.717, 1.165) is 34.5 Å². The van der Waals surface area contributed by atoms with Crippen LogP contribution < -0.4 is 14.4 Å². The summed E-state index contributed by atoms with van der Waals surface area (Å²) in [4.78, 5) is 50.0. The van der Waals surface area contributed by atoms with Gasteiger partial charge in [-0.15, -0.1) is 0 Å². The maximum Gasteiger partial charge on any atom is 0.416 e. The molecule has 10 nitrogen and oxygen atoms in total. The fourth-order valence-electron chi connectivity index (χ4n) is 6.96. The summed E-state index contributed by atoms with van der Waals surface area (Å²) in [7, 11) is 3.70. The van der Waals surface area contributed by atoms with Gasteiger partial charge in [-0.1, -0.05) is 60.7 Å². The Morgan fingerprint density at radius 3 is 2.11 bits per heavy atom. The van der Waals surface area contributed by atoms with Crippen LogP contribution in [0.15, 0.2) is 103 Å². The maximum absolute atomic E-state index is 14.5. The zero-order chi connectivity index (χ0) is 40.5. The van der Waals surface area contributed by atoms with E-state index in [2.05, 4.69) is 9.80 Å². The minimum Gasteiger partial charge on any atom is -0.454 e. The van der Waals surface area contributed by atoms with Gasteiger partial charge in [-0.05, 0) is 71.8 Å². The van der Waals surface area contributed by atoms with E-state index in [1.54, 1.807) is 23.8 Å². The average Bonchev–Trinajstić information content (AvgIpc) is 3.69. The molecule has 57 heavy (non-hydrogen) atoms. The molecule has 2 aliphatic heterocycles. The quantitative estimate of drug-likeness (QED) is 0.138. The average molecular weight is 784 g/mol. The number of benzene rings is 4. The molecule has 0 N–H and O–H groups in total. The van der Waals surface area contributed by atoms with Crippen molar-refractivity contribution in [1.82, 2.24) is 19.6 Å². The Hall–Kier alpha value is -5.82. The SMILES string of the molecule is CC(=O)N1CCN(c2ccc(CN(C(=O)C=Cc3ccc(C(F)(F)F)cc3)C(Cc3ccccc3)C(=O)N(C)CCN(C)Cc3ccc4c(c3)OCO4)cc2)CC1. The summed E-state index contributed by atoms with van der Waals surface area (Å²) in [5.41, 5.74) is 3.33. The van der Waals surface area contributed by atoms with Crippen molar-refractivity contribution in [2.24, 2.45) is 0 Å². The molecule has 1 unspecified atom stereocenters. The summed E-state index contributed by atoms with van der Waals surface area (Å²) < 4.78 is 50.6. The Morgan fingerprint density at radius 1 is 0.772 bits per heavy atom. The van der Waals surface area contributed by atoms with Gasteiger partial charge < -0.3 is 34.0 Å². The lowest BCUT2D eigenvalue weighted by molar-refractivity contribution is -0.143. The van der Waals surface area contributed by atoms with Crippen molar-refractivity contribution in [3.05, 3.63) is 131 Å². The van der Waals surface area contributed by atoms with Crippen LogP contribution in [-0.2, 0) is 40.1 Å². The van der Waals surface area contributed by atoms with Crippen LogP contribution in [0.5, 0.6) is 11.5 Å². The number of piperazine rings is 1. The number of ether oxygens (including phenoxy) is 2. The first-order valence-corrected chi connectivity index (χ1v) is 19.0. The molecule has 6 rings (SSSR count). The third-order valence-electron chi connectivity index (χ3n) is 10.3. The molecule has 0 aliphatic carbocycles. The number of carbonyl (C=O) groups is 3. The molecular formula is C44H48F3N5O5. The fraction of sp³-hybridized carbons (Fsp3) is 0.341. The minimum absolute atomic E-state index is 0.0562. The highest BCUT2D eigenvalue weighted by Gasteiger charge is 2.32. The molecule has 4 aromatic rings. The van der Waals surface area contributed by atoms with E-state index in [-0.39, 0.29) is 31.6 Å². The summed E-state index contributed by atoms with van der Waals surface area (Å²) in [6, 6.07) is 26.8. The van der Waals surface area contributed by atoms with E-state index in [0.29, 0.717) is 62.9 Å². The summed E-state index contributed by atoms with van der Waals surface area (Å²) >= 11 is 0. The molecule has 0 spiro atoms. The maximum atomic E-state index is 14.5. The second kappa shape index (κ2) is 18.4. The highest BCUT2D eigenvalue weighted by Crippen LogP contribution is 2.33. The third kappa shape index (κ3) is 10.9. The number of anilines is 1. The van der Waals surface area contributed by atoms with E-state index in [1.807, 2.05) is 84.7 Å². The topological polar surface area (TPSA) is 85.9 Å². The Morgan fingerprint density at radius 2 is 1.44 bits per heavy atom. The number of fused-ring (bicyclic) bond motifs is 1. The number of halogens is 3. The predicted octanol–water partition coefficient (Wildman–Crippen LogP) is 6.35.